The highest BCUT2D eigenvalue weighted by Gasteiger charge is 2.17. The molecule has 0 radical (unpaired) electrons. The maximum Gasteiger partial charge on any atom is 0.340 e. The summed E-state index contributed by atoms with van der Waals surface area (Å²) in [5, 5.41) is 8.80. The first-order valence-corrected chi connectivity index (χ1v) is 6.03. The normalized spacial score (nSPS) is 11.9. The van der Waals surface area contributed by atoms with Crippen LogP contribution in [0, 0.1) is 17.2 Å². The fourth-order valence-corrected chi connectivity index (χ4v) is 1.97. The first-order chi connectivity index (χ1) is 8.99. The van der Waals surface area contributed by atoms with Gasteiger partial charge in [0.25, 0.3) is 0 Å². The molecule has 19 heavy (non-hydrogen) atoms. The molecule has 0 spiro atoms. The van der Waals surface area contributed by atoms with Gasteiger partial charge in [-0.25, -0.2) is 4.79 Å². The number of nitrogens with two attached hydrogens (primary N) is 1. The molecule has 0 aliphatic rings. The summed E-state index contributed by atoms with van der Waals surface area (Å²) in [6, 6.07) is 7.51. The molecule has 0 amide bonds. The maximum atomic E-state index is 11.7. The molecule has 0 aromatic heterocycles. The lowest BCUT2D eigenvalue weighted by Gasteiger charge is -2.19. The van der Waals surface area contributed by atoms with Gasteiger partial charge in [0, 0.05) is 18.8 Å². The summed E-state index contributed by atoms with van der Waals surface area (Å²) < 4.78 is 4.75. The maximum absolute atomic E-state index is 11.7. The zero-order valence-corrected chi connectivity index (χ0v) is 11.5. The van der Waals surface area contributed by atoms with Gasteiger partial charge in [-0.1, -0.05) is 12.1 Å². The van der Waals surface area contributed by atoms with E-state index in [0.717, 1.165) is 5.56 Å². The van der Waals surface area contributed by atoms with Gasteiger partial charge in [0.15, 0.2) is 0 Å². The van der Waals surface area contributed by atoms with Gasteiger partial charge < -0.3 is 15.4 Å². The van der Waals surface area contributed by atoms with Crippen LogP contribution in [-0.4, -0.2) is 31.6 Å². The Kier molecular flexibility index (Phi) is 5.34. The average Bonchev–Trinajstić information content (AvgIpc) is 2.37. The lowest BCUT2D eigenvalue weighted by atomic mass is 10.0. The van der Waals surface area contributed by atoms with E-state index in [0.29, 0.717) is 24.3 Å². The molecule has 1 atom stereocenters. The van der Waals surface area contributed by atoms with Crippen LogP contribution in [0.5, 0.6) is 0 Å². The minimum absolute atomic E-state index is 0.0624. The van der Waals surface area contributed by atoms with Crippen molar-refractivity contribution in [3.63, 3.8) is 0 Å². The van der Waals surface area contributed by atoms with E-state index in [9.17, 15) is 4.79 Å². The molecule has 1 aromatic rings. The van der Waals surface area contributed by atoms with Crippen molar-refractivity contribution in [2.75, 3.05) is 26.4 Å². The number of carbonyl (C=O) groups is 1. The Morgan fingerprint density at radius 2 is 2.26 bits per heavy atom. The molecule has 1 rings (SSSR count). The number of nitrogens with zero attached hydrogens (tertiary/aromatic N) is 2. The number of hydrogen-bond donors (Lipinski definition) is 1. The van der Waals surface area contributed by atoms with Gasteiger partial charge in [-0.15, -0.1) is 0 Å². The second kappa shape index (κ2) is 6.76. The number of esters is 1. The second-order valence-electron chi connectivity index (χ2n) is 4.60. The predicted molar refractivity (Wildman–Crippen MR) is 73.3 cm³/mol. The number of benzene rings is 1. The smallest absolute Gasteiger partial charge is 0.340 e. The quantitative estimate of drug-likeness (QED) is 0.644. The van der Waals surface area contributed by atoms with Crippen LogP contribution in [0.4, 0.5) is 5.69 Å². The number of nitrogen functional groups attached to an aromatic ring is 1. The number of methoxy groups -OCH3 is 1. The van der Waals surface area contributed by atoms with Gasteiger partial charge >= 0.3 is 5.97 Å². The van der Waals surface area contributed by atoms with Crippen molar-refractivity contribution in [2.45, 2.75) is 13.5 Å². The molecule has 0 aliphatic carbocycles. The lowest BCUT2D eigenvalue weighted by molar-refractivity contribution is 0.0599. The third-order valence-corrected chi connectivity index (χ3v) is 2.82. The van der Waals surface area contributed by atoms with Crippen LogP contribution < -0.4 is 5.73 Å². The molecular formula is C14H19N3O2. The van der Waals surface area contributed by atoms with Crippen molar-refractivity contribution < 1.29 is 9.53 Å². The van der Waals surface area contributed by atoms with E-state index >= 15 is 0 Å². The standard InChI is InChI=1S/C14H19N3O2/c1-10(7-15)8-17(2)9-11-5-4-6-12(16)13(11)14(18)19-3/h4-6,10H,8-9,16H2,1-3H3. The van der Waals surface area contributed by atoms with Crippen LogP contribution in [0.25, 0.3) is 0 Å². The molecular weight excluding hydrogens is 242 g/mol. The Morgan fingerprint density at radius 3 is 2.84 bits per heavy atom. The highest BCUT2D eigenvalue weighted by molar-refractivity contribution is 5.96. The number of nitriles is 1. The Balaban J connectivity index is 2.92. The number of carbonyl (C=O) groups excluding carboxylic acids is 1. The van der Waals surface area contributed by atoms with Gasteiger partial charge in [0.1, 0.15) is 0 Å². The third-order valence-electron chi connectivity index (χ3n) is 2.82. The van der Waals surface area contributed by atoms with Crippen molar-refractivity contribution in [1.82, 2.24) is 4.90 Å². The van der Waals surface area contributed by atoms with Gasteiger partial charge in [-0.3, -0.25) is 0 Å². The van der Waals surface area contributed by atoms with Crippen LogP contribution in [0.1, 0.15) is 22.8 Å². The Labute approximate surface area is 113 Å². The summed E-state index contributed by atoms with van der Waals surface area (Å²) in [6.45, 7) is 3.03. The monoisotopic (exact) mass is 261 g/mol. The molecule has 0 fully saturated rings. The highest BCUT2D eigenvalue weighted by atomic mass is 16.5. The van der Waals surface area contributed by atoms with Crippen LogP contribution in [0.3, 0.4) is 0 Å². The molecule has 0 saturated carbocycles. The topological polar surface area (TPSA) is 79.3 Å². The molecule has 102 valence electrons. The Bertz CT molecular complexity index is 494. The summed E-state index contributed by atoms with van der Waals surface area (Å²) in [6.07, 6.45) is 0. The molecule has 0 bridgehead atoms. The van der Waals surface area contributed by atoms with Crippen molar-refractivity contribution in [3.05, 3.63) is 29.3 Å². The molecule has 5 nitrogen and oxygen atoms in total. The minimum Gasteiger partial charge on any atom is -0.465 e. The van der Waals surface area contributed by atoms with Crippen LogP contribution in [0.2, 0.25) is 0 Å². The van der Waals surface area contributed by atoms with Gasteiger partial charge in [-0.2, -0.15) is 5.26 Å². The number of hydrogen-bond acceptors (Lipinski definition) is 5. The van der Waals surface area contributed by atoms with Crippen LogP contribution in [-0.2, 0) is 11.3 Å². The number of ether oxygens (including phenoxy) is 1. The first-order valence-electron chi connectivity index (χ1n) is 6.03. The van der Waals surface area contributed by atoms with E-state index in [1.165, 1.54) is 7.11 Å². The van der Waals surface area contributed by atoms with E-state index in [4.69, 9.17) is 15.7 Å². The summed E-state index contributed by atoms with van der Waals surface area (Å²) in [5.74, 6) is -0.498. The van der Waals surface area contributed by atoms with Crippen molar-refractivity contribution in [2.24, 2.45) is 5.92 Å². The fraction of sp³-hybridized carbons (Fsp3) is 0.429. The van der Waals surface area contributed by atoms with Crippen LogP contribution in [0.15, 0.2) is 18.2 Å². The molecule has 1 aromatic carbocycles. The fourth-order valence-electron chi connectivity index (χ4n) is 1.97. The largest absolute Gasteiger partial charge is 0.465 e. The summed E-state index contributed by atoms with van der Waals surface area (Å²) >= 11 is 0. The van der Waals surface area contributed by atoms with E-state index in [1.807, 2.05) is 24.9 Å². The van der Waals surface area contributed by atoms with Gasteiger partial charge in [-0.05, 0) is 25.6 Å². The highest BCUT2D eigenvalue weighted by Crippen LogP contribution is 2.19. The van der Waals surface area contributed by atoms with E-state index in [1.54, 1.807) is 12.1 Å². The average molecular weight is 261 g/mol. The molecule has 1 unspecified atom stereocenters. The number of anilines is 1. The zero-order chi connectivity index (χ0) is 14.4. The van der Waals surface area contributed by atoms with Crippen LogP contribution >= 0.6 is 0 Å². The minimum atomic E-state index is -0.435. The first kappa shape index (κ1) is 15.0. The van der Waals surface area contributed by atoms with Crippen molar-refractivity contribution >= 4 is 11.7 Å². The molecule has 0 saturated heterocycles. The molecule has 2 N–H and O–H groups in total. The SMILES string of the molecule is COC(=O)c1c(N)cccc1CN(C)CC(C)C#N. The Morgan fingerprint density at radius 1 is 1.58 bits per heavy atom. The van der Waals surface area contributed by atoms with Gasteiger partial charge in [0.05, 0.1) is 24.7 Å². The Hall–Kier alpha value is -2.06. The molecule has 0 aliphatic heterocycles. The van der Waals surface area contributed by atoms with Gasteiger partial charge in [0.2, 0.25) is 0 Å². The molecule has 0 heterocycles. The van der Waals surface area contributed by atoms with E-state index in [-0.39, 0.29) is 5.92 Å². The third kappa shape index (κ3) is 3.97. The number of rotatable bonds is 5. The predicted octanol–water partition coefficient (Wildman–Crippen LogP) is 1.65. The lowest BCUT2D eigenvalue weighted by Crippen LogP contribution is -2.24. The van der Waals surface area contributed by atoms with E-state index in [2.05, 4.69) is 6.07 Å². The van der Waals surface area contributed by atoms with Crippen molar-refractivity contribution in [1.29, 1.82) is 5.26 Å². The summed E-state index contributed by atoms with van der Waals surface area (Å²) in [5.41, 5.74) is 7.45. The second-order valence-corrected chi connectivity index (χ2v) is 4.60. The summed E-state index contributed by atoms with van der Waals surface area (Å²) in [7, 11) is 3.23. The molecule has 5 heteroatoms. The zero-order valence-electron chi connectivity index (χ0n) is 11.5. The van der Waals surface area contributed by atoms with E-state index < -0.39 is 5.97 Å². The van der Waals surface area contributed by atoms with Crippen molar-refractivity contribution in [3.8, 4) is 6.07 Å². The summed E-state index contributed by atoms with van der Waals surface area (Å²) in [4.78, 5) is 13.7.